The minimum absolute atomic E-state index is 0.0346. The number of aliphatic hydroxyl groups excluding tert-OH is 1. The van der Waals surface area contributed by atoms with E-state index in [9.17, 15) is 18.3 Å². The number of carbonyl (C=O) groups is 1. The number of esters is 1. The van der Waals surface area contributed by atoms with Gasteiger partial charge in [-0.25, -0.2) is 17.9 Å². The van der Waals surface area contributed by atoms with Gasteiger partial charge in [-0.05, 0) is 34.8 Å². The second-order valence-electron chi connectivity index (χ2n) is 4.49. The predicted molar refractivity (Wildman–Crippen MR) is 84.1 cm³/mol. The van der Waals surface area contributed by atoms with Crippen LogP contribution in [0.15, 0.2) is 14.7 Å². The highest BCUT2D eigenvalue weighted by Crippen LogP contribution is 2.33. The smallest absolute Gasteiger partial charge is 0.348 e. The van der Waals surface area contributed by atoms with Crippen LogP contribution in [0.3, 0.4) is 0 Å². The third-order valence-electron chi connectivity index (χ3n) is 3.34. The van der Waals surface area contributed by atoms with E-state index in [0.29, 0.717) is 16.6 Å². The molecule has 0 saturated heterocycles. The van der Waals surface area contributed by atoms with E-state index in [2.05, 4.69) is 25.4 Å². The quantitative estimate of drug-likeness (QED) is 0.684. The minimum atomic E-state index is -3.86. The van der Waals surface area contributed by atoms with E-state index < -0.39 is 21.5 Å². The SMILES string of the molecule is CCC(CC)(CO)NS(=O)(=O)c1cc(C(=O)OC)sc1Br. The second-order valence-corrected chi connectivity index (χ2v) is 8.51. The molecule has 21 heavy (non-hydrogen) atoms. The van der Waals surface area contributed by atoms with Crippen LogP contribution >= 0.6 is 27.3 Å². The van der Waals surface area contributed by atoms with Gasteiger partial charge in [0.2, 0.25) is 10.0 Å². The molecule has 0 radical (unpaired) electrons. The van der Waals surface area contributed by atoms with Crippen molar-refractivity contribution in [3.63, 3.8) is 0 Å². The Morgan fingerprint density at radius 3 is 2.48 bits per heavy atom. The average Bonchev–Trinajstić information content (AvgIpc) is 2.87. The minimum Gasteiger partial charge on any atom is -0.465 e. The molecule has 1 rings (SSSR count). The van der Waals surface area contributed by atoms with Gasteiger partial charge in [0.15, 0.2) is 0 Å². The van der Waals surface area contributed by atoms with Gasteiger partial charge >= 0.3 is 5.97 Å². The van der Waals surface area contributed by atoms with Crippen LogP contribution in [0.2, 0.25) is 0 Å². The van der Waals surface area contributed by atoms with Gasteiger partial charge in [0.05, 0.1) is 23.0 Å². The van der Waals surface area contributed by atoms with Gasteiger partial charge in [0.1, 0.15) is 9.77 Å². The van der Waals surface area contributed by atoms with Crippen molar-refractivity contribution >= 4 is 43.3 Å². The summed E-state index contributed by atoms with van der Waals surface area (Å²) in [6.07, 6.45) is 0.899. The Hall–Kier alpha value is -0.480. The number of halogens is 1. The molecule has 0 saturated carbocycles. The zero-order valence-electron chi connectivity index (χ0n) is 12.0. The lowest BCUT2D eigenvalue weighted by molar-refractivity contribution is 0.0606. The van der Waals surface area contributed by atoms with E-state index in [4.69, 9.17) is 0 Å². The Morgan fingerprint density at radius 1 is 1.48 bits per heavy atom. The molecule has 0 amide bonds. The summed E-state index contributed by atoms with van der Waals surface area (Å²) in [7, 11) is -2.63. The lowest BCUT2D eigenvalue weighted by atomic mass is 9.96. The molecule has 1 aromatic heterocycles. The number of hydrogen-bond donors (Lipinski definition) is 2. The maximum absolute atomic E-state index is 12.5. The molecule has 0 aliphatic rings. The standard InChI is InChI=1S/C12H18BrNO5S2/c1-4-12(5-2,7-15)14-21(17,18)9-6-8(11(16)19-3)20-10(9)13/h6,14-15H,4-5,7H2,1-3H3. The highest BCUT2D eigenvalue weighted by molar-refractivity contribution is 9.11. The molecule has 120 valence electrons. The number of aliphatic hydroxyl groups is 1. The third-order valence-corrected chi connectivity index (χ3v) is 7.15. The first-order valence-corrected chi connectivity index (χ1v) is 9.37. The fourth-order valence-electron chi connectivity index (χ4n) is 1.73. The van der Waals surface area contributed by atoms with Crippen LogP contribution < -0.4 is 4.72 Å². The van der Waals surface area contributed by atoms with Crippen LogP contribution in [-0.2, 0) is 14.8 Å². The van der Waals surface area contributed by atoms with Crippen molar-refractivity contribution in [2.75, 3.05) is 13.7 Å². The molecule has 6 nitrogen and oxygen atoms in total. The topological polar surface area (TPSA) is 92.7 Å². The Morgan fingerprint density at radius 2 is 2.05 bits per heavy atom. The van der Waals surface area contributed by atoms with E-state index in [1.807, 2.05) is 0 Å². The predicted octanol–water partition coefficient (Wildman–Crippen LogP) is 2.13. The molecule has 0 aromatic carbocycles. The summed E-state index contributed by atoms with van der Waals surface area (Å²) in [5, 5.41) is 9.48. The van der Waals surface area contributed by atoms with Gasteiger partial charge in [-0.15, -0.1) is 11.3 Å². The van der Waals surface area contributed by atoms with Crippen LogP contribution in [0.25, 0.3) is 0 Å². The van der Waals surface area contributed by atoms with Crippen molar-refractivity contribution in [2.45, 2.75) is 37.1 Å². The van der Waals surface area contributed by atoms with Gasteiger partial charge in [-0.3, -0.25) is 0 Å². The van der Waals surface area contributed by atoms with Gasteiger partial charge in [0, 0.05) is 0 Å². The highest BCUT2D eigenvalue weighted by Gasteiger charge is 2.33. The number of nitrogens with one attached hydrogen (secondary N) is 1. The molecule has 0 bridgehead atoms. The number of hydrogen-bond acceptors (Lipinski definition) is 6. The molecule has 0 aliphatic carbocycles. The molecule has 9 heteroatoms. The van der Waals surface area contributed by atoms with Crippen LogP contribution in [0.1, 0.15) is 36.4 Å². The van der Waals surface area contributed by atoms with Crippen LogP contribution in [0, 0.1) is 0 Å². The molecule has 0 unspecified atom stereocenters. The summed E-state index contributed by atoms with van der Waals surface area (Å²) in [4.78, 5) is 11.6. The fraction of sp³-hybridized carbons (Fsp3) is 0.583. The van der Waals surface area contributed by atoms with Gasteiger partial charge in [-0.2, -0.15) is 0 Å². The molecular weight excluding hydrogens is 382 g/mol. The van der Waals surface area contributed by atoms with Gasteiger partial charge < -0.3 is 9.84 Å². The Labute approximate surface area is 136 Å². The molecular formula is C12H18BrNO5S2. The van der Waals surface area contributed by atoms with Gasteiger partial charge in [0.25, 0.3) is 0 Å². The van der Waals surface area contributed by atoms with Crippen molar-refractivity contribution in [3.8, 4) is 0 Å². The first kappa shape index (κ1) is 18.6. The van der Waals surface area contributed by atoms with E-state index in [-0.39, 0.29) is 16.4 Å². The van der Waals surface area contributed by atoms with Crippen LogP contribution in [0.4, 0.5) is 0 Å². The average molecular weight is 400 g/mol. The zero-order chi connectivity index (χ0) is 16.3. The molecule has 0 aliphatic heterocycles. The fourth-order valence-corrected chi connectivity index (χ4v) is 5.75. The molecule has 0 spiro atoms. The summed E-state index contributed by atoms with van der Waals surface area (Å²) < 4.78 is 32.4. The Kier molecular flexibility index (Phi) is 6.36. The molecule has 1 aromatic rings. The summed E-state index contributed by atoms with van der Waals surface area (Å²) in [5.41, 5.74) is -0.911. The maximum Gasteiger partial charge on any atom is 0.348 e. The molecule has 2 N–H and O–H groups in total. The van der Waals surface area contributed by atoms with Crippen molar-refractivity contribution in [3.05, 3.63) is 14.7 Å². The number of rotatable bonds is 7. The van der Waals surface area contributed by atoms with Crippen molar-refractivity contribution in [2.24, 2.45) is 0 Å². The molecule has 1 heterocycles. The van der Waals surface area contributed by atoms with Crippen LogP contribution in [-0.4, -0.2) is 38.7 Å². The number of ether oxygens (including phenoxy) is 1. The lowest BCUT2D eigenvalue weighted by Gasteiger charge is -2.30. The lowest BCUT2D eigenvalue weighted by Crippen LogP contribution is -2.50. The monoisotopic (exact) mass is 399 g/mol. The van der Waals surface area contributed by atoms with E-state index in [1.165, 1.54) is 13.2 Å². The Balaban J connectivity index is 3.20. The molecule has 0 atom stereocenters. The normalized spacial score (nSPS) is 12.4. The number of methoxy groups -OCH3 is 1. The van der Waals surface area contributed by atoms with E-state index in [0.717, 1.165) is 11.3 Å². The third kappa shape index (κ3) is 4.04. The zero-order valence-corrected chi connectivity index (χ0v) is 15.2. The van der Waals surface area contributed by atoms with Crippen molar-refractivity contribution in [1.29, 1.82) is 0 Å². The first-order chi connectivity index (χ1) is 9.75. The van der Waals surface area contributed by atoms with Crippen molar-refractivity contribution in [1.82, 2.24) is 4.72 Å². The maximum atomic E-state index is 12.5. The van der Waals surface area contributed by atoms with Gasteiger partial charge in [-0.1, -0.05) is 13.8 Å². The number of carbonyl (C=O) groups excluding carboxylic acids is 1. The first-order valence-electron chi connectivity index (χ1n) is 6.27. The number of thiophene rings is 1. The molecule has 0 fully saturated rings. The Bertz CT molecular complexity index is 599. The van der Waals surface area contributed by atoms with E-state index >= 15 is 0 Å². The van der Waals surface area contributed by atoms with E-state index in [1.54, 1.807) is 13.8 Å². The summed E-state index contributed by atoms with van der Waals surface area (Å²) in [5.74, 6) is -0.596. The summed E-state index contributed by atoms with van der Waals surface area (Å²) in [6.45, 7) is 3.29. The summed E-state index contributed by atoms with van der Waals surface area (Å²) in [6, 6.07) is 1.26. The van der Waals surface area contributed by atoms with Crippen molar-refractivity contribution < 1.29 is 23.1 Å². The summed E-state index contributed by atoms with van der Waals surface area (Å²) >= 11 is 4.14. The van der Waals surface area contributed by atoms with Crippen LogP contribution in [0.5, 0.6) is 0 Å². The highest BCUT2D eigenvalue weighted by atomic mass is 79.9. The largest absolute Gasteiger partial charge is 0.465 e. The number of sulfonamides is 1. The second kappa shape index (κ2) is 7.19.